The molecule has 0 unspecified atom stereocenters. The van der Waals surface area contributed by atoms with E-state index in [1.165, 1.54) is 0 Å². The third-order valence-corrected chi connectivity index (χ3v) is 3.86. The molecular weight excluding hydrogens is 324 g/mol. The maximum atomic E-state index is 12.6. The second-order valence-electron chi connectivity index (χ2n) is 7.98. The van der Waals surface area contributed by atoms with E-state index < -0.39 is 21.8 Å². The third kappa shape index (κ3) is 5.26. The van der Waals surface area contributed by atoms with Crippen LogP contribution < -0.4 is 5.32 Å². The van der Waals surface area contributed by atoms with Crippen molar-refractivity contribution >= 4 is 11.6 Å². The molecule has 1 aromatic rings. The molecular formula is C17H30N4O4. The van der Waals surface area contributed by atoms with Crippen molar-refractivity contribution in [2.24, 2.45) is 0 Å². The fourth-order valence-corrected chi connectivity index (χ4v) is 2.60. The summed E-state index contributed by atoms with van der Waals surface area (Å²) in [7, 11) is 0. The zero-order valence-corrected chi connectivity index (χ0v) is 16.0. The number of nitrogens with zero attached hydrogens (tertiary/aromatic N) is 3. The number of unbranched alkanes of at least 4 members (excludes halogenated alkanes) is 2. The van der Waals surface area contributed by atoms with Gasteiger partial charge in [-0.3, -0.25) is 19.6 Å². The molecule has 0 spiro atoms. The Hall–Kier alpha value is -1.96. The van der Waals surface area contributed by atoms with E-state index >= 15 is 0 Å². The number of hydrogen-bond acceptors (Lipinski definition) is 5. The molecule has 8 nitrogen and oxygen atoms in total. The van der Waals surface area contributed by atoms with Gasteiger partial charge in [-0.25, -0.2) is 0 Å². The number of nitro groups is 1. The van der Waals surface area contributed by atoms with Crippen molar-refractivity contribution in [3.05, 3.63) is 21.5 Å². The number of aliphatic hydroxyl groups is 1. The lowest BCUT2D eigenvalue weighted by atomic mass is 9.90. The van der Waals surface area contributed by atoms with Gasteiger partial charge in [0.25, 0.3) is 5.91 Å². The predicted molar refractivity (Wildman–Crippen MR) is 95.7 cm³/mol. The van der Waals surface area contributed by atoms with Gasteiger partial charge >= 0.3 is 5.69 Å². The number of amides is 1. The Morgan fingerprint density at radius 2 is 1.88 bits per heavy atom. The Morgan fingerprint density at radius 3 is 2.32 bits per heavy atom. The average Bonchev–Trinajstić information content (AvgIpc) is 2.87. The maximum absolute atomic E-state index is 12.6. The Balaban J connectivity index is 3.42. The minimum absolute atomic E-state index is 0.201. The minimum atomic E-state index is -0.890. The molecule has 0 aliphatic heterocycles. The Bertz CT molecular complexity index is 629. The topological polar surface area (TPSA) is 110 Å². The van der Waals surface area contributed by atoms with Crippen LogP contribution in [-0.4, -0.2) is 37.9 Å². The van der Waals surface area contributed by atoms with Gasteiger partial charge in [-0.15, -0.1) is 0 Å². The van der Waals surface area contributed by atoms with Gasteiger partial charge in [0.1, 0.15) is 5.69 Å². The zero-order valence-electron chi connectivity index (χ0n) is 16.0. The molecule has 0 aliphatic rings. The highest BCUT2D eigenvalue weighted by molar-refractivity contribution is 5.97. The van der Waals surface area contributed by atoms with Gasteiger partial charge in [0.15, 0.2) is 0 Å². The number of rotatable bonds is 8. The molecule has 0 radical (unpaired) electrons. The fraction of sp³-hybridized carbons (Fsp3) is 0.765. The van der Waals surface area contributed by atoms with Crippen LogP contribution in [0.5, 0.6) is 0 Å². The number of aliphatic hydroxyl groups excluding tert-OH is 1. The zero-order chi connectivity index (χ0) is 19.4. The maximum Gasteiger partial charge on any atom is 0.323 e. The van der Waals surface area contributed by atoms with Gasteiger partial charge in [-0.05, 0) is 20.3 Å². The molecule has 0 saturated carbocycles. The fourth-order valence-electron chi connectivity index (χ4n) is 2.60. The van der Waals surface area contributed by atoms with Crippen LogP contribution >= 0.6 is 0 Å². The van der Waals surface area contributed by atoms with E-state index in [9.17, 15) is 20.0 Å². The number of hydrogen-bond donors (Lipinski definition) is 2. The van der Waals surface area contributed by atoms with Crippen LogP contribution in [0.3, 0.4) is 0 Å². The summed E-state index contributed by atoms with van der Waals surface area (Å²) in [6.45, 7) is 11.2. The van der Waals surface area contributed by atoms with Crippen LogP contribution in [-0.2, 0) is 12.0 Å². The lowest BCUT2D eigenvalue weighted by Gasteiger charge is -2.22. The second-order valence-corrected chi connectivity index (χ2v) is 7.98. The van der Waals surface area contributed by atoms with Crippen LogP contribution in [0.4, 0.5) is 5.69 Å². The molecule has 1 heterocycles. The number of nitrogens with one attached hydrogen (secondary N) is 1. The van der Waals surface area contributed by atoms with Gasteiger partial charge in [-0.2, -0.15) is 5.10 Å². The highest BCUT2D eigenvalue weighted by Gasteiger charge is 2.38. The molecule has 0 fully saturated rings. The molecule has 0 aromatic carbocycles. The smallest absolute Gasteiger partial charge is 0.323 e. The molecule has 0 bridgehead atoms. The van der Waals surface area contributed by atoms with Gasteiger partial charge in [-0.1, -0.05) is 40.5 Å². The molecule has 1 rings (SSSR count). The van der Waals surface area contributed by atoms with Crippen LogP contribution in [0.25, 0.3) is 0 Å². The molecule has 0 saturated heterocycles. The van der Waals surface area contributed by atoms with Crippen LogP contribution in [0, 0.1) is 10.1 Å². The van der Waals surface area contributed by atoms with Crippen molar-refractivity contribution in [3.8, 4) is 0 Å². The summed E-state index contributed by atoms with van der Waals surface area (Å²) in [5, 5.41) is 27.9. The average molecular weight is 354 g/mol. The largest absolute Gasteiger partial charge is 0.394 e. The van der Waals surface area contributed by atoms with Crippen molar-refractivity contribution in [3.63, 3.8) is 0 Å². The Labute approximate surface area is 148 Å². The van der Waals surface area contributed by atoms with Crippen LogP contribution in [0.2, 0.25) is 0 Å². The minimum Gasteiger partial charge on any atom is -0.394 e. The van der Waals surface area contributed by atoms with Crippen LogP contribution in [0.1, 0.15) is 77.0 Å². The van der Waals surface area contributed by atoms with E-state index in [1.807, 2.05) is 20.8 Å². The summed E-state index contributed by atoms with van der Waals surface area (Å²) in [6, 6.07) is 0. The van der Waals surface area contributed by atoms with Gasteiger partial charge in [0, 0.05) is 12.0 Å². The van der Waals surface area contributed by atoms with Crippen molar-refractivity contribution in [1.29, 1.82) is 0 Å². The SMILES string of the molecule is CCCCCn1nc(C(=O)NC(C)(C)CO)c([N+](=O)[O-])c1C(C)(C)C. The number of carbonyl (C=O) groups is 1. The summed E-state index contributed by atoms with van der Waals surface area (Å²) in [6.07, 6.45) is 2.84. The number of carbonyl (C=O) groups excluding carboxylic acids is 1. The predicted octanol–water partition coefficient (Wildman–Crippen LogP) is 2.78. The lowest BCUT2D eigenvalue weighted by molar-refractivity contribution is -0.386. The van der Waals surface area contributed by atoms with Crippen molar-refractivity contribution < 1.29 is 14.8 Å². The molecule has 0 atom stereocenters. The van der Waals surface area contributed by atoms with E-state index in [0.29, 0.717) is 12.2 Å². The standard InChI is InChI=1S/C17H30N4O4/c1-7-8-9-10-20-14(16(2,3)4)13(21(24)25)12(19-20)15(23)18-17(5,6)11-22/h22H,7-11H2,1-6H3,(H,18,23). The van der Waals surface area contributed by atoms with Gasteiger partial charge < -0.3 is 10.4 Å². The molecule has 2 N–H and O–H groups in total. The van der Waals surface area contributed by atoms with Gasteiger partial charge in [0.2, 0.25) is 5.69 Å². The molecule has 0 aliphatic carbocycles. The van der Waals surface area contributed by atoms with E-state index in [0.717, 1.165) is 19.3 Å². The van der Waals surface area contributed by atoms with Crippen LogP contribution in [0.15, 0.2) is 0 Å². The first-order chi connectivity index (χ1) is 11.4. The van der Waals surface area contributed by atoms with Crippen molar-refractivity contribution in [2.45, 2.75) is 78.3 Å². The summed E-state index contributed by atoms with van der Waals surface area (Å²) in [5.41, 5.74) is -1.44. The van der Waals surface area contributed by atoms with E-state index in [4.69, 9.17) is 0 Å². The quantitative estimate of drug-likeness (QED) is 0.424. The number of aromatic nitrogens is 2. The highest BCUT2D eigenvalue weighted by Crippen LogP contribution is 2.34. The molecule has 1 aromatic heterocycles. The lowest BCUT2D eigenvalue weighted by Crippen LogP contribution is -2.46. The normalized spacial score (nSPS) is 12.3. The first kappa shape index (κ1) is 21.1. The highest BCUT2D eigenvalue weighted by atomic mass is 16.6. The Kier molecular flexibility index (Phi) is 6.70. The Morgan fingerprint density at radius 1 is 1.28 bits per heavy atom. The number of aryl methyl sites for hydroxylation is 1. The summed E-state index contributed by atoms with van der Waals surface area (Å²) in [5.74, 6) is -0.648. The van der Waals surface area contributed by atoms with Crippen molar-refractivity contribution in [2.75, 3.05) is 6.61 Å². The van der Waals surface area contributed by atoms with E-state index in [1.54, 1.807) is 18.5 Å². The molecule has 25 heavy (non-hydrogen) atoms. The second kappa shape index (κ2) is 7.95. The summed E-state index contributed by atoms with van der Waals surface area (Å²) >= 11 is 0. The summed E-state index contributed by atoms with van der Waals surface area (Å²) in [4.78, 5) is 23.7. The first-order valence-corrected chi connectivity index (χ1v) is 8.63. The van der Waals surface area contributed by atoms with Gasteiger partial charge in [0.05, 0.1) is 17.1 Å². The molecule has 142 valence electrons. The van der Waals surface area contributed by atoms with E-state index in [-0.39, 0.29) is 18.0 Å². The van der Waals surface area contributed by atoms with Crippen molar-refractivity contribution in [1.82, 2.24) is 15.1 Å². The third-order valence-electron chi connectivity index (χ3n) is 3.86. The first-order valence-electron chi connectivity index (χ1n) is 8.63. The summed E-state index contributed by atoms with van der Waals surface area (Å²) < 4.78 is 1.59. The molecule has 1 amide bonds. The van der Waals surface area contributed by atoms with E-state index in [2.05, 4.69) is 17.3 Å². The monoisotopic (exact) mass is 354 g/mol. The molecule has 8 heteroatoms.